The van der Waals surface area contributed by atoms with E-state index in [1.165, 1.54) is 0 Å². The molecule has 0 amide bonds. The van der Waals surface area contributed by atoms with Crippen LogP contribution in [-0.4, -0.2) is 29.7 Å². The Morgan fingerprint density at radius 3 is 2.92 bits per heavy atom. The van der Waals surface area contributed by atoms with Crippen molar-refractivity contribution >= 4 is 0 Å². The topological polar surface area (TPSA) is 39.8 Å². The molecule has 0 N–H and O–H groups in total. The molecular formula is C19H20N2O3. The van der Waals surface area contributed by atoms with Gasteiger partial charge in [-0.15, -0.1) is 0 Å². The lowest BCUT2D eigenvalue weighted by atomic mass is 10.2. The maximum Gasteiger partial charge on any atom is 0.142 e. The lowest BCUT2D eigenvalue weighted by Gasteiger charge is -2.21. The summed E-state index contributed by atoms with van der Waals surface area (Å²) in [5.74, 6) is 1.80. The van der Waals surface area contributed by atoms with E-state index in [0.717, 1.165) is 42.5 Å². The van der Waals surface area contributed by atoms with Gasteiger partial charge < -0.3 is 18.5 Å². The van der Waals surface area contributed by atoms with Crippen molar-refractivity contribution in [2.24, 2.45) is 0 Å². The summed E-state index contributed by atoms with van der Waals surface area (Å²) in [7, 11) is 1.69. The van der Waals surface area contributed by atoms with Crippen molar-refractivity contribution in [3.05, 3.63) is 72.4 Å². The first-order chi connectivity index (χ1) is 11.8. The SMILES string of the molecule is COc1ccccc1-n1ccc([C@H]2OCCN2Cc2ccco2)c1. The van der Waals surface area contributed by atoms with Crippen LogP contribution in [0.4, 0.5) is 0 Å². The highest BCUT2D eigenvalue weighted by Crippen LogP contribution is 2.31. The summed E-state index contributed by atoms with van der Waals surface area (Å²) >= 11 is 0. The van der Waals surface area contributed by atoms with E-state index in [1.54, 1.807) is 13.4 Å². The fourth-order valence-corrected chi connectivity index (χ4v) is 3.13. The van der Waals surface area contributed by atoms with Crippen molar-refractivity contribution in [3.63, 3.8) is 0 Å². The highest BCUT2D eigenvalue weighted by atomic mass is 16.5. The first-order valence-electron chi connectivity index (χ1n) is 8.04. The summed E-state index contributed by atoms with van der Waals surface area (Å²) in [6.45, 7) is 2.37. The molecule has 0 spiro atoms. The molecule has 0 bridgehead atoms. The number of hydrogen-bond acceptors (Lipinski definition) is 4. The van der Waals surface area contributed by atoms with Gasteiger partial charge in [-0.05, 0) is 30.3 Å². The number of ether oxygens (including phenoxy) is 2. The third-order valence-electron chi connectivity index (χ3n) is 4.29. The second-order valence-electron chi connectivity index (χ2n) is 5.80. The number of benzene rings is 1. The Morgan fingerprint density at radius 2 is 2.08 bits per heavy atom. The Morgan fingerprint density at radius 1 is 1.17 bits per heavy atom. The van der Waals surface area contributed by atoms with Gasteiger partial charge in [0.05, 0.1) is 32.2 Å². The van der Waals surface area contributed by atoms with Gasteiger partial charge in [0.15, 0.2) is 0 Å². The molecule has 2 aromatic heterocycles. The molecule has 0 radical (unpaired) electrons. The predicted molar refractivity (Wildman–Crippen MR) is 90.1 cm³/mol. The number of furan rings is 1. The minimum Gasteiger partial charge on any atom is -0.495 e. The maximum atomic E-state index is 5.95. The van der Waals surface area contributed by atoms with Gasteiger partial charge >= 0.3 is 0 Å². The minimum absolute atomic E-state index is 0.0499. The van der Waals surface area contributed by atoms with E-state index in [2.05, 4.69) is 21.7 Å². The van der Waals surface area contributed by atoms with E-state index in [9.17, 15) is 0 Å². The third kappa shape index (κ3) is 2.84. The van der Waals surface area contributed by atoms with Crippen LogP contribution in [0.2, 0.25) is 0 Å². The van der Waals surface area contributed by atoms with Crippen LogP contribution in [0, 0.1) is 0 Å². The van der Waals surface area contributed by atoms with Crippen LogP contribution in [0.15, 0.2) is 65.5 Å². The van der Waals surface area contributed by atoms with Crippen molar-refractivity contribution in [1.29, 1.82) is 0 Å². The number of aromatic nitrogens is 1. The number of methoxy groups -OCH3 is 1. The summed E-state index contributed by atoms with van der Waals surface area (Å²) in [5, 5.41) is 0. The molecule has 1 aliphatic heterocycles. The third-order valence-corrected chi connectivity index (χ3v) is 4.29. The predicted octanol–water partition coefficient (Wildman–Crippen LogP) is 3.61. The highest BCUT2D eigenvalue weighted by Gasteiger charge is 2.28. The van der Waals surface area contributed by atoms with E-state index in [1.807, 2.05) is 42.6 Å². The van der Waals surface area contributed by atoms with Gasteiger partial charge in [-0.2, -0.15) is 0 Å². The van der Waals surface area contributed by atoms with Crippen molar-refractivity contribution < 1.29 is 13.9 Å². The highest BCUT2D eigenvalue weighted by molar-refractivity contribution is 5.47. The van der Waals surface area contributed by atoms with Crippen LogP contribution in [-0.2, 0) is 11.3 Å². The Labute approximate surface area is 141 Å². The van der Waals surface area contributed by atoms with Gasteiger partial charge in [0.2, 0.25) is 0 Å². The minimum atomic E-state index is -0.0499. The molecule has 0 aliphatic carbocycles. The number of hydrogen-bond donors (Lipinski definition) is 0. The van der Waals surface area contributed by atoms with E-state index >= 15 is 0 Å². The fraction of sp³-hybridized carbons (Fsp3) is 0.263. The van der Waals surface area contributed by atoms with Gasteiger partial charge in [-0.25, -0.2) is 0 Å². The Balaban J connectivity index is 1.57. The second kappa shape index (κ2) is 6.55. The second-order valence-corrected chi connectivity index (χ2v) is 5.80. The van der Waals surface area contributed by atoms with Gasteiger partial charge in [-0.3, -0.25) is 4.90 Å². The molecule has 0 unspecified atom stereocenters. The largest absolute Gasteiger partial charge is 0.495 e. The molecule has 5 nitrogen and oxygen atoms in total. The monoisotopic (exact) mass is 324 g/mol. The first-order valence-corrected chi connectivity index (χ1v) is 8.04. The summed E-state index contributed by atoms with van der Waals surface area (Å²) in [4.78, 5) is 2.28. The van der Waals surface area contributed by atoms with E-state index in [4.69, 9.17) is 13.9 Å². The summed E-state index contributed by atoms with van der Waals surface area (Å²) < 4.78 is 18.9. The summed E-state index contributed by atoms with van der Waals surface area (Å²) in [5.41, 5.74) is 2.15. The zero-order valence-electron chi connectivity index (χ0n) is 13.6. The average molecular weight is 324 g/mol. The summed E-state index contributed by atoms with van der Waals surface area (Å²) in [6, 6.07) is 14.0. The summed E-state index contributed by atoms with van der Waals surface area (Å²) in [6.07, 6.45) is 5.80. The molecule has 3 aromatic rings. The molecule has 24 heavy (non-hydrogen) atoms. The Bertz CT molecular complexity index is 795. The van der Waals surface area contributed by atoms with Crippen LogP contribution in [0.3, 0.4) is 0 Å². The Hall–Kier alpha value is -2.50. The van der Waals surface area contributed by atoms with Crippen LogP contribution >= 0.6 is 0 Å². The number of para-hydroxylation sites is 2. The zero-order valence-corrected chi connectivity index (χ0v) is 13.6. The quantitative estimate of drug-likeness (QED) is 0.719. The molecule has 1 atom stereocenters. The zero-order chi connectivity index (χ0) is 16.4. The van der Waals surface area contributed by atoms with Crippen LogP contribution in [0.25, 0.3) is 5.69 Å². The molecule has 1 fully saturated rings. The molecule has 1 aromatic carbocycles. The van der Waals surface area contributed by atoms with E-state index in [-0.39, 0.29) is 6.23 Å². The van der Waals surface area contributed by atoms with Gasteiger partial charge in [0, 0.05) is 24.5 Å². The molecule has 124 valence electrons. The van der Waals surface area contributed by atoms with Gasteiger partial charge in [0.25, 0.3) is 0 Å². The standard InChI is InChI=1S/C19H20N2O3/c1-22-18-7-3-2-6-17(18)20-9-8-15(13-20)19-21(10-12-24-19)14-16-5-4-11-23-16/h2-9,11,13,19H,10,12,14H2,1H3/t19-/m1/s1. The van der Waals surface area contributed by atoms with Gasteiger partial charge in [0.1, 0.15) is 17.7 Å². The smallest absolute Gasteiger partial charge is 0.142 e. The first kappa shape index (κ1) is 15.1. The number of rotatable bonds is 5. The van der Waals surface area contributed by atoms with Crippen LogP contribution < -0.4 is 4.74 Å². The van der Waals surface area contributed by atoms with Crippen molar-refractivity contribution in [2.75, 3.05) is 20.3 Å². The van der Waals surface area contributed by atoms with Gasteiger partial charge in [-0.1, -0.05) is 12.1 Å². The van der Waals surface area contributed by atoms with Crippen molar-refractivity contribution in [3.8, 4) is 11.4 Å². The molecular weight excluding hydrogens is 304 g/mol. The Kier molecular flexibility index (Phi) is 4.11. The molecule has 1 aliphatic rings. The molecule has 4 rings (SSSR count). The molecule has 3 heterocycles. The lowest BCUT2D eigenvalue weighted by Crippen LogP contribution is -2.22. The molecule has 0 saturated carbocycles. The van der Waals surface area contributed by atoms with E-state index in [0.29, 0.717) is 0 Å². The molecule has 5 heteroatoms. The average Bonchev–Trinajstić information content (AvgIpc) is 3.36. The maximum absolute atomic E-state index is 5.95. The van der Waals surface area contributed by atoms with Crippen molar-refractivity contribution in [1.82, 2.24) is 9.47 Å². The van der Waals surface area contributed by atoms with Crippen LogP contribution in [0.5, 0.6) is 5.75 Å². The van der Waals surface area contributed by atoms with Crippen molar-refractivity contribution in [2.45, 2.75) is 12.8 Å². The lowest BCUT2D eigenvalue weighted by molar-refractivity contribution is 0.0258. The van der Waals surface area contributed by atoms with Crippen LogP contribution in [0.1, 0.15) is 17.6 Å². The van der Waals surface area contributed by atoms with E-state index < -0.39 is 0 Å². The normalized spacial score (nSPS) is 18.1. The fourth-order valence-electron chi connectivity index (χ4n) is 3.13. The number of nitrogens with zero attached hydrogens (tertiary/aromatic N) is 2. The molecule has 1 saturated heterocycles.